The smallest absolute Gasteiger partial charge is 0.262 e. The number of aryl methyl sites for hydroxylation is 2. The number of amides is 2. The molecule has 9 heteroatoms. The number of thioether (sulfide) groups is 1. The molecule has 2 aliphatic rings. The number of ether oxygens (including phenoxy) is 1. The van der Waals surface area contributed by atoms with Gasteiger partial charge in [0.2, 0.25) is 11.8 Å². The highest BCUT2D eigenvalue weighted by Crippen LogP contribution is 2.31. The van der Waals surface area contributed by atoms with E-state index in [1.807, 2.05) is 50.2 Å². The summed E-state index contributed by atoms with van der Waals surface area (Å²) in [6, 6.07) is 13.2. The summed E-state index contributed by atoms with van der Waals surface area (Å²) >= 11 is 1.29. The number of nitrogens with one attached hydrogen (secondary N) is 2. The van der Waals surface area contributed by atoms with Crippen molar-refractivity contribution >= 4 is 40.2 Å². The van der Waals surface area contributed by atoms with Crippen LogP contribution < -0.4 is 16.2 Å². The molecule has 2 N–H and O–H groups in total. The first kappa shape index (κ1) is 28.4. The second-order valence-electron chi connectivity index (χ2n) is 11.1. The second kappa shape index (κ2) is 13.0. The summed E-state index contributed by atoms with van der Waals surface area (Å²) < 4.78 is 7.36. The van der Waals surface area contributed by atoms with Gasteiger partial charge in [0, 0.05) is 31.3 Å². The number of anilines is 1. The zero-order valence-corrected chi connectivity index (χ0v) is 24.1. The van der Waals surface area contributed by atoms with Crippen molar-refractivity contribution in [3.05, 3.63) is 63.9 Å². The molecule has 3 aromatic rings. The maximum Gasteiger partial charge on any atom is 0.262 e. The summed E-state index contributed by atoms with van der Waals surface area (Å²) in [6.45, 7) is 5.96. The second-order valence-corrected chi connectivity index (χ2v) is 12.0. The van der Waals surface area contributed by atoms with Crippen molar-refractivity contribution in [2.45, 2.75) is 70.2 Å². The molecule has 40 heavy (non-hydrogen) atoms. The van der Waals surface area contributed by atoms with Gasteiger partial charge >= 0.3 is 0 Å². The van der Waals surface area contributed by atoms with Gasteiger partial charge < -0.3 is 15.4 Å². The average molecular weight is 563 g/mol. The third kappa shape index (κ3) is 6.93. The minimum atomic E-state index is -0.142. The van der Waals surface area contributed by atoms with E-state index in [0.717, 1.165) is 56.4 Å². The molecule has 0 unspecified atom stereocenters. The quantitative estimate of drug-likeness (QED) is 0.286. The number of carbonyl (C=O) groups is 2. The molecule has 2 aromatic carbocycles. The van der Waals surface area contributed by atoms with Crippen LogP contribution in [0.2, 0.25) is 0 Å². The Hall–Kier alpha value is -3.17. The van der Waals surface area contributed by atoms with Crippen molar-refractivity contribution in [1.82, 2.24) is 14.9 Å². The van der Waals surface area contributed by atoms with Gasteiger partial charge in [-0.2, -0.15) is 0 Å². The van der Waals surface area contributed by atoms with Gasteiger partial charge in [-0.15, -0.1) is 0 Å². The number of fused-ring (bicyclic) bond motifs is 1. The first-order chi connectivity index (χ1) is 19.4. The fraction of sp³-hybridized carbons (Fsp3) is 0.484. The van der Waals surface area contributed by atoms with Crippen LogP contribution in [0.4, 0.5) is 5.69 Å². The SMILES string of the molecule is Cc1ccc(NC(=O)CSc2nc3ccccc3c(=O)n2CC2CCC(C(=O)NC[C@@H]3CCCO3)CC2)cc1C. The lowest BCUT2D eigenvalue weighted by molar-refractivity contribution is -0.126. The minimum Gasteiger partial charge on any atom is -0.376 e. The van der Waals surface area contributed by atoms with E-state index in [0.29, 0.717) is 29.1 Å². The topological polar surface area (TPSA) is 102 Å². The van der Waals surface area contributed by atoms with Gasteiger partial charge in [-0.05, 0) is 93.7 Å². The Labute approximate surface area is 239 Å². The first-order valence-electron chi connectivity index (χ1n) is 14.3. The number of rotatable bonds is 9. The van der Waals surface area contributed by atoms with E-state index < -0.39 is 0 Å². The Balaban J connectivity index is 1.23. The van der Waals surface area contributed by atoms with E-state index in [1.165, 1.54) is 17.3 Å². The number of nitrogens with zero attached hydrogens (tertiary/aromatic N) is 2. The number of benzene rings is 2. The molecule has 1 aliphatic heterocycles. The van der Waals surface area contributed by atoms with Gasteiger partial charge in [-0.25, -0.2) is 4.98 Å². The molecule has 1 aliphatic carbocycles. The molecule has 1 atom stereocenters. The van der Waals surface area contributed by atoms with E-state index in [-0.39, 0.29) is 41.1 Å². The van der Waals surface area contributed by atoms with E-state index in [2.05, 4.69) is 10.6 Å². The molecule has 2 fully saturated rings. The maximum absolute atomic E-state index is 13.5. The Bertz CT molecular complexity index is 1420. The molecular weight excluding hydrogens is 524 g/mol. The van der Waals surface area contributed by atoms with Gasteiger partial charge in [0.05, 0.1) is 22.8 Å². The van der Waals surface area contributed by atoms with Crippen molar-refractivity contribution in [2.24, 2.45) is 11.8 Å². The van der Waals surface area contributed by atoms with Crippen LogP contribution >= 0.6 is 11.8 Å². The van der Waals surface area contributed by atoms with Crippen molar-refractivity contribution in [3.63, 3.8) is 0 Å². The lowest BCUT2D eigenvalue weighted by Crippen LogP contribution is -2.38. The number of hydrogen-bond acceptors (Lipinski definition) is 6. The van der Waals surface area contributed by atoms with Gasteiger partial charge in [0.15, 0.2) is 5.16 Å². The molecule has 1 saturated carbocycles. The van der Waals surface area contributed by atoms with Crippen LogP contribution in [0.5, 0.6) is 0 Å². The minimum absolute atomic E-state index is 0.00653. The summed E-state index contributed by atoms with van der Waals surface area (Å²) in [5, 5.41) is 7.16. The van der Waals surface area contributed by atoms with Crippen LogP contribution in [0, 0.1) is 25.7 Å². The molecule has 1 saturated heterocycles. The maximum atomic E-state index is 13.5. The standard InChI is InChI=1S/C31H38N4O4S/c1-20-9-14-24(16-21(20)2)33-28(36)19-40-31-34-27-8-4-3-7-26(27)30(38)35(31)18-22-10-12-23(13-11-22)29(37)32-17-25-6-5-15-39-25/h3-4,7-9,14,16,22-23,25H,5-6,10-13,15,17-19H2,1-2H3,(H,32,37)(H,33,36)/t22?,23?,25-/m0/s1. The number of carbonyl (C=O) groups excluding carboxylic acids is 2. The van der Waals surface area contributed by atoms with Crippen LogP contribution in [0.15, 0.2) is 52.4 Å². The highest BCUT2D eigenvalue weighted by Gasteiger charge is 2.28. The molecule has 0 radical (unpaired) electrons. The first-order valence-corrected chi connectivity index (χ1v) is 15.2. The number of aromatic nitrogens is 2. The van der Waals surface area contributed by atoms with Crippen molar-refractivity contribution in [2.75, 3.05) is 24.2 Å². The molecule has 8 nitrogen and oxygen atoms in total. The van der Waals surface area contributed by atoms with E-state index >= 15 is 0 Å². The summed E-state index contributed by atoms with van der Waals surface area (Å²) in [4.78, 5) is 43.8. The molecule has 1 aromatic heterocycles. The number of para-hydroxylation sites is 1. The average Bonchev–Trinajstić information content (AvgIpc) is 3.48. The summed E-state index contributed by atoms with van der Waals surface area (Å²) in [6.07, 6.45) is 5.56. The molecule has 5 rings (SSSR count). The largest absolute Gasteiger partial charge is 0.376 e. The molecule has 2 amide bonds. The zero-order valence-electron chi connectivity index (χ0n) is 23.3. The van der Waals surface area contributed by atoms with Gasteiger partial charge in [0.25, 0.3) is 5.56 Å². The fourth-order valence-electron chi connectivity index (χ4n) is 5.59. The molecule has 212 valence electrons. The predicted molar refractivity (Wildman–Crippen MR) is 159 cm³/mol. The summed E-state index contributed by atoms with van der Waals surface area (Å²) in [5.41, 5.74) is 3.59. The van der Waals surface area contributed by atoms with Crippen molar-refractivity contribution < 1.29 is 14.3 Å². The normalized spacial score (nSPS) is 20.9. The van der Waals surface area contributed by atoms with Crippen LogP contribution in [0.25, 0.3) is 10.9 Å². The van der Waals surface area contributed by atoms with Gasteiger partial charge in [0.1, 0.15) is 0 Å². The highest BCUT2D eigenvalue weighted by atomic mass is 32.2. The summed E-state index contributed by atoms with van der Waals surface area (Å²) in [7, 11) is 0. The Morgan fingerprint density at radius 1 is 1.05 bits per heavy atom. The van der Waals surface area contributed by atoms with Gasteiger partial charge in [-0.3, -0.25) is 19.0 Å². The molecular formula is C31H38N4O4S. The van der Waals surface area contributed by atoms with Crippen LogP contribution in [0.1, 0.15) is 49.7 Å². The van der Waals surface area contributed by atoms with Crippen molar-refractivity contribution in [1.29, 1.82) is 0 Å². The lowest BCUT2D eigenvalue weighted by Gasteiger charge is -2.29. The monoisotopic (exact) mass is 562 g/mol. The van der Waals surface area contributed by atoms with E-state index in [9.17, 15) is 14.4 Å². The number of hydrogen-bond donors (Lipinski definition) is 2. The summed E-state index contributed by atoms with van der Waals surface area (Å²) in [5.74, 6) is 0.398. The van der Waals surface area contributed by atoms with Crippen molar-refractivity contribution in [3.8, 4) is 0 Å². The Kier molecular flexibility index (Phi) is 9.22. The van der Waals surface area contributed by atoms with Crippen LogP contribution in [-0.4, -0.2) is 46.4 Å². The predicted octanol–water partition coefficient (Wildman–Crippen LogP) is 4.85. The van der Waals surface area contributed by atoms with E-state index in [4.69, 9.17) is 9.72 Å². The third-order valence-electron chi connectivity index (χ3n) is 8.14. The van der Waals surface area contributed by atoms with Crippen LogP contribution in [-0.2, 0) is 20.9 Å². The Morgan fingerprint density at radius 3 is 2.60 bits per heavy atom. The zero-order chi connectivity index (χ0) is 28.1. The lowest BCUT2D eigenvalue weighted by atomic mass is 9.81. The molecule has 0 spiro atoms. The molecule has 0 bridgehead atoms. The molecule has 2 heterocycles. The third-order valence-corrected chi connectivity index (χ3v) is 9.11. The van der Waals surface area contributed by atoms with E-state index in [1.54, 1.807) is 10.6 Å². The van der Waals surface area contributed by atoms with Crippen LogP contribution in [0.3, 0.4) is 0 Å². The fourth-order valence-corrected chi connectivity index (χ4v) is 6.40. The highest BCUT2D eigenvalue weighted by molar-refractivity contribution is 7.99. The Morgan fingerprint density at radius 2 is 1.85 bits per heavy atom. The van der Waals surface area contributed by atoms with Gasteiger partial charge in [-0.1, -0.05) is 30.0 Å².